The molecule has 0 amide bonds. The zero-order valence-electron chi connectivity index (χ0n) is 24.1. The molecule has 1 heterocycles. The smallest absolute Gasteiger partial charge is 0.481 e. The Balaban J connectivity index is 1.50. The molecule has 1 aliphatic heterocycles. The van der Waals surface area contributed by atoms with Crippen LogP contribution in [0.5, 0.6) is 0 Å². The van der Waals surface area contributed by atoms with E-state index < -0.39 is 41.6 Å². The number of carbonyl (C=O) groups is 3. The molecule has 10 atom stereocenters. The van der Waals surface area contributed by atoms with Crippen LogP contribution in [0.15, 0.2) is 22.9 Å². The zero-order chi connectivity index (χ0) is 28.9. The fraction of sp³-hybridized carbons (Fsp3) is 0.774. The van der Waals surface area contributed by atoms with Gasteiger partial charge >= 0.3 is 12.1 Å². The van der Waals surface area contributed by atoms with Gasteiger partial charge in [0.25, 0.3) is 0 Å². The summed E-state index contributed by atoms with van der Waals surface area (Å²) in [4.78, 5) is 38.2. The van der Waals surface area contributed by atoms with E-state index in [1.807, 2.05) is 13.8 Å². The highest BCUT2D eigenvalue weighted by atomic mass is 16.7. The molecular weight excluding hydrogens is 514 g/mol. The summed E-state index contributed by atoms with van der Waals surface area (Å²) in [5.41, 5.74) is 8.22. The number of hydrogen-bond donors (Lipinski definition) is 3. The Hall–Kier alpha value is -2.39. The van der Waals surface area contributed by atoms with E-state index in [2.05, 4.69) is 13.8 Å². The second-order valence-corrected chi connectivity index (χ2v) is 13.6. The van der Waals surface area contributed by atoms with Crippen LogP contribution in [-0.2, 0) is 23.8 Å². The molecule has 0 aromatic heterocycles. The molecule has 5 rings (SSSR count). The SMILES string of the molecule is CC(C)=C(N)CO[C@@H]1C2COC[C@]3(C[C@H]1OC(=O)O)C1=CC(=O)C4C(CCC(CC(C)C)[C@H]4C(=O)O)C1CCC23. The number of carbonyl (C=O) groups excluding carboxylic acids is 1. The number of aliphatic carboxylic acids is 1. The van der Waals surface area contributed by atoms with Crippen molar-refractivity contribution in [3.63, 3.8) is 0 Å². The molecule has 0 aromatic rings. The number of hydrogen-bond acceptors (Lipinski definition) is 7. The summed E-state index contributed by atoms with van der Waals surface area (Å²) in [7, 11) is 0. The molecule has 0 spiro atoms. The molecule has 222 valence electrons. The van der Waals surface area contributed by atoms with Gasteiger partial charge in [0, 0.05) is 22.9 Å². The van der Waals surface area contributed by atoms with Gasteiger partial charge in [-0.2, -0.15) is 0 Å². The van der Waals surface area contributed by atoms with Crippen molar-refractivity contribution in [2.24, 2.45) is 58.5 Å². The largest absolute Gasteiger partial charge is 0.506 e. The van der Waals surface area contributed by atoms with Gasteiger partial charge in [-0.3, -0.25) is 9.59 Å². The third-order valence-corrected chi connectivity index (χ3v) is 10.8. The average molecular weight is 560 g/mol. The first kappa shape index (κ1) is 29.1. The van der Waals surface area contributed by atoms with Crippen LogP contribution in [-0.4, -0.2) is 60.1 Å². The lowest BCUT2D eigenvalue weighted by atomic mass is 9.45. The van der Waals surface area contributed by atoms with Crippen LogP contribution in [0.3, 0.4) is 0 Å². The number of rotatable bonds is 7. The van der Waals surface area contributed by atoms with Gasteiger partial charge in [-0.1, -0.05) is 25.0 Å². The summed E-state index contributed by atoms with van der Waals surface area (Å²) in [5, 5.41) is 19.9. The molecule has 2 bridgehead atoms. The predicted molar refractivity (Wildman–Crippen MR) is 146 cm³/mol. The number of carboxylic acid groups (broad SMARTS) is 2. The molecule has 4 fully saturated rings. The van der Waals surface area contributed by atoms with Crippen molar-refractivity contribution in [3.8, 4) is 0 Å². The number of allylic oxidation sites excluding steroid dienone is 2. The highest BCUT2D eigenvalue weighted by Gasteiger charge is 2.64. The molecule has 9 heteroatoms. The molecular formula is C31H45NO8. The van der Waals surface area contributed by atoms with Crippen molar-refractivity contribution in [2.75, 3.05) is 19.8 Å². The summed E-state index contributed by atoms with van der Waals surface area (Å²) in [6.45, 7) is 9.05. The summed E-state index contributed by atoms with van der Waals surface area (Å²) in [6.07, 6.45) is 3.81. The van der Waals surface area contributed by atoms with Crippen molar-refractivity contribution >= 4 is 17.9 Å². The molecule has 5 aliphatic rings. The van der Waals surface area contributed by atoms with Crippen molar-refractivity contribution in [3.05, 3.63) is 22.9 Å². The molecule has 9 nitrogen and oxygen atoms in total. The summed E-state index contributed by atoms with van der Waals surface area (Å²) >= 11 is 0. The Morgan fingerprint density at radius 1 is 1.15 bits per heavy atom. The van der Waals surface area contributed by atoms with Crippen LogP contribution >= 0.6 is 0 Å². The lowest BCUT2D eigenvalue weighted by molar-refractivity contribution is -0.215. The molecule has 1 saturated heterocycles. The molecule has 0 radical (unpaired) electrons. The van der Waals surface area contributed by atoms with E-state index in [9.17, 15) is 24.6 Å². The maximum absolute atomic E-state index is 13.9. The normalized spacial score (nSPS) is 40.3. The van der Waals surface area contributed by atoms with Crippen LogP contribution in [0.4, 0.5) is 4.79 Å². The zero-order valence-corrected chi connectivity index (χ0v) is 24.1. The van der Waals surface area contributed by atoms with Crippen molar-refractivity contribution in [2.45, 2.75) is 78.4 Å². The Labute approximate surface area is 236 Å². The van der Waals surface area contributed by atoms with E-state index in [-0.39, 0.29) is 42.0 Å². The third-order valence-electron chi connectivity index (χ3n) is 10.8. The van der Waals surface area contributed by atoms with E-state index >= 15 is 0 Å². The van der Waals surface area contributed by atoms with Gasteiger partial charge in [-0.15, -0.1) is 0 Å². The van der Waals surface area contributed by atoms with E-state index in [0.717, 1.165) is 43.3 Å². The third kappa shape index (κ3) is 4.97. The van der Waals surface area contributed by atoms with Crippen LogP contribution in [0, 0.1) is 52.8 Å². The lowest BCUT2D eigenvalue weighted by Crippen LogP contribution is -2.64. The van der Waals surface area contributed by atoms with Gasteiger partial charge in [0.1, 0.15) is 12.2 Å². The molecule has 4 aliphatic carbocycles. The van der Waals surface area contributed by atoms with E-state index in [4.69, 9.17) is 19.9 Å². The second-order valence-electron chi connectivity index (χ2n) is 13.6. The average Bonchev–Trinajstić information content (AvgIpc) is 2.87. The summed E-state index contributed by atoms with van der Waals surface area (Å²) < 4.78 is 18.0. The number of nitrogens with two attached hydrogens (primary N) is 1. The first-order valence-corrected chi connectivity index (χ1v) is 14.9. The monoisotopic (exact) mass is 559 g/mol. The van der Waals surface area contributed by atoms with Gasteiger partial charge in [0.2, 0.25) is 0 Å². The number of carboxylic acids is 1. The van der Waals surface area contributed by atoms with Gasteiger partial charge in [-0.25, -0.2) is 4.79 Å². The van der Waals surface area contributed by atoms with Crippen molar-refractivity contribution in [1.82, 2.24) is 0 Å². The highest BCUT2D eigenvalue weighted by Crippen LogP contribution is 2.64. The maximum atomic E-state index is 13.9. The Kier molecular flexibility index (Phi) is 8.09. The minimum atomic E-state index is -1.35. The molecule has 6 unspecified atom stereocenters. The fourth-order valence-electron chi connectivity index (χ4n) is 9.22. The van der Waals surface area contributed by atoms with Gasteiger partial charge < -0.3 is 30.2 Å². The Bertz CT molecular complexity index is 1090. The van der Waals surface area contributed by atoms with Crippen molar-refractivity contribution < 1.29 is 38.8 Å². The number of fused-ring (bicyclic) bond motifs is 3. The van der Waals surface area contributed by atoms with Crippen LogP contribution < -0.4 is 5.73 Å². The molecule has 3 saturated carbocycles. The predicted octanol–water partition coefficient (Wildman–Crippen LogP) is 4.65. The maximum Gasteiger partial charge on any atom is 0.506 e. The Morgan fingerprint density at radius 3 is 2.55 bits per heavy atom. The standard InChI is InChI=1S/C31H45NO8/c1-15(2)9-17-5-6-19-18-7-8-21-20-12-38-14-31(21,22(18)10-24(33)27(19)26(17)29(34)35)11-25(40-30(36)37)28(20)39-13-23(32)16(3)4/h10,15,17-21,25-28H,5-9,11-14,32H2,1-4H3,(H,34,35)(H,36,37)/t17?,18?,19?,20?,21?,25-,26-,27?,28-,31+/m1/s1. The molecule has 40 heavy (non-hydrogen) atoms. The van der Waals surface area contributed by atoms with Gasteiger partial charge in [-0.05, 0) is 88.0 Å². The van der Waals surface area contributed by atoms with Crippen molar-refractivity contribution in [1.29, 1.82) is 0 Å². The summed E-state index contributed by atoms with van der Waals surface area (Å²) in [5.74, 6) is -1.60. The second kappa shape index (κ2) is 11.1. The topological polar surface area (TPSA) is 145 Å². The first-order valence-electron chi connectivity index (χ1n) is 14.9. The molecule has 0 aromatic carbocycles. The number of ether oxygens (including phenoxy) is 3. The quantitative estimate of drug-likeness (QED) is 0.380. The molecule has 4 N–H and O–H groups in total. The number of ketones is 1. The van der Waals surface area contributed by atoms with Gasteiger partial charge in [0.15, 0.2) is 5.78 Å². The van der Waals surface area contributed by atoms with Gasteiger partial charge in [0.05, 0.1) is 25.7 Å². The Morgan fingerprint density at radius 2 is 1.90 bits per heavy atom. The van der Waals surface area contributed by atoms with E-state index in [1.165, 1.54) is 0 Å². The van der Waals surface area contributed by atoms with E-state index in [0.29, 0.717) is 31.2 Å². The minimum absolute atomic E-state index is 0.00345. The van der Waals surface area contributed by atoms with Crippen LogP contribution in [0.25, 0.3) is 0 Å². The van der Waals surface area contributed by atoms with Crippen LogP contribution in [0.2, 0.25) is 0 Å². The lowest BCUT2D eigenvalue weighted by Gasteiger charge is -2.62. The minimum Gasteiger partial charge on any atom is -0.481 e. The highest BCUT2D eigenvalue weighted by molar-refractivity contribution is 5.97. The first-order chi connectivity index (χ1) is 18.9. The van der Waals surface area contributed by atoms with E-state index in [1.54, 1.807) is 6.08 Å². The van der Waals surface area contributed by atoms with Crippen LogP contribution in [0.1, 0.15) is 66.2 Å². The fourth-order valence-corrected chi connectivity index (χ4v) is 9.22. The summed E-state index contributed by atoms with van der Waals surface area (Å²) in [6, 6.07) is 0.